The molecular weight excluding hydrogens is 234 g/mol. The second kappa shape index (κ2) is 3.95. The van der Waals surface area contributed by atoms with E-state index in [0.29, 0.717) is 0 Å². The number of pyridine rings is 1. The van der Waals surface area contributed by atoms with Crippen molar-refractivity contribution in [2.45, 2.75) is 0 Å². The van der Waals surface area contributed by atoms with E-state index in [2.05, 4.69) is 12.1 Å². The van der Waals surface area contributed by atoms with Crippen LogP contribution in [0.5, 0.6) is 0 Å². The molecule has 2 heteroatoms. The SMILES string of the molecule is c1ccc(-c2nc3ccccc3c3occc23)cc1. The number of para-hydroxylation sites is 1. The molecule has 0 N–H and O–H groups in total. The van der Waals surface area contributed by atoms with E-state index in [4.69, 9.17) is 9.40 Å². The first kappa shape index (κ1) is 10.3. The molecule has 0 saturated heterocycles. The first-order valence-corrected chi connectivity index (χ1v) is 6.25. The number of furan rings is 1. The molecule has 2 aromatic heterocycles. The van der Waals surface area contributed by atoms with Crippen LogP contribution in [0.4, 0.5) is 0 Å². The molecule has 2 heterocycles. The molecule has 0 spiro atoms. The van der Waals surface area contributed by atoms with Gasteiger partial charge in [-0.25, -0.2) is 4.98 Å². The molecule has 2 aromatic carbocycles. The Morgan fingerprint density at radius 2 is 1.53 bits per heavy atom. The minimum atomic E-state index is 0.907. The highest BCUT2D eigenvalue weighted by atomic mass is 16.3. The van der Waals surface area contributed by atoms with Gasteiger partial charge in [0.15, 0.2) is 0 Å². The lowest BCUT2D eigenvalue weighted by molar-refractivity contribution is 0.619. The summed E-state index contributed by atoms with van der Waals surface area (Å²) >= 11 is 0. The fourth-order valence-electron chi connectivity index (χ4n) is 2.46. The van der Waals surface area contributed by atoms with Crippen molar-refractivity contribution in [3.8, 4) is 11.3 Å². The molecule has 90 valence electrons. The summed E-state index contributed by atoms with van der Waals surface area (Å²) in [5.41, 5.74) is 3.95. The summed E-state index contributed by atoms with van der Waals surface area (Å²) in [5.74, 6) is 0. The molecule has 0 atom stereocenters. The highest BCUT2D eigenvalue weighted by Crippen LogP contribution is 2.32. The van der Waals surface area contributed by atoms with Crippen molar-refractivity contribution >= 4 is 21.9 Å². The topological polar surface area (TPSA) is 26.0 Å². The summed E-state index contributed by atoms with van der Waals surface area (Å²) in [5, 5.41) is 2.12. The second-order valence-electron chi connectivity index (χ2n) is 4.51. The first-order valence-electron chi connectivity index (χ1n) is 6.25. The van der Waals surface area contributed by atoms with Crippen LogP contribution in [0.25, 0.3) is 33.1 Å². The second-order valence-corrected chi connectivity index (χ2v) is 4.51. The molecule has 0 aliphatic rings. The van der Waals surface area contributed by atoms with Crippen molar-refractivity contribution in [1.82, 2.24) is 4.98 Å². The Hall–Kier alpha value is -2.61. The van der Waals surface area contributed by atoms with Gasteiger partial charge in [0.25, 0.3) is 0 Å². The smallest absolute Gasteiger partial charge is 0.145 e. The summed E-state index contributed by atoms with van der Waals surface area (Å²) in [7, 11) is 0. The molecule has 0 aliphatic carbocycles. The van der Waals surface area contributed by atoms with E-state index in [1.807, 2.05) is 48.5 Å². The normalized spacial score (nSPS) is 11.2. The number of fused-ring (bicyclic) bond motifs is 3. The number of aromatic nitrogens is 1. The fourth-order valence-corrected chi connectivity index (χ4v) is 2.46. The average Bonchev–Trinajstić information content (AvgIpc) is 2.97. The van der Waals surface area contributed by atoms with Crippen molar-refractivity contribution in [2.75, 3.05) is 0 Å². The molecule has 4 aromatic rings. The molecule has 0 bridgehead atoms. The minimum Gasteiger partial charge on any atom is -0.464 e. The lowest BCUT2D eigenvalue weighted by Crippen LogP contribution is -1.86. The van der Waals surface area contributed by atoms with Crippen LogP contribution in [0.15, 0.2) is 71.3 Å². The zero-order valence-electron chi connectivity index (χ0n) is 10.2. The maximum Gasteiger partial charge on any atom is 0.145 e. The third-order valence-corrected chi connectivity index (χ3v) is 3.35. The standard InChI is InChI=1S/C17H11NO/c1-2-6-12(7-3-1)16-14-10-11-19-17(14)13-8-4-5-9-15(13)18-16/h1-11H. The molecule has 2 nitrogen and oxygen atoms in total. The molecule has 0 unspecified atom stereocenters. The van der Waals surface area contributed by atoms with Gasteiger partial charge in [-0.15, -0.1) is 0 Å². The van der Waals surface area contributed by atoms with Crippen LogP contribution in [0.3, 0.4) is 0 Å². The zero-order valence-corrected chi connectivity index (χ0v) is 10.2. The van der Waals surface area contributed by atoms with Crippen molar-refractivity contribution in [3.05, 3.63) is 66.9 Å². The van der Waals surface area contributed by atoms with Crippen molar-refractivity contribution in [2.24, 2.45) is 0 Å². The van der Waals surface area contributed by atoms with Crippen LogP contribution in [0.1, 0.15) is 0 Å². The predicted octanol–water partition coefficient (Wildman–Crippen LogP) is 4.65. The number of benzene rings is 2. The average molecular weight is 245 g/mol. The third kappa shape index (κ3) is 1.54. The van der Waals surface area contributed by atoms with Gasteiger partial charge in [-0.05, 0) is 18.2 Å². The predicted molar refractivity (Wildman–Crippen MR) is 77.0 cm³/mol. The van der Waals surface area contributed by atoms with E-state index in [-0.39, 0.29) is 0 Å². The van der Waals surface area contributed by atoms with E-state index in [0.717, 1.165) is 33.1 Å². The van der Waals surface area contributed by atoms with Gasteiger partial charge in [0.1, 0.15) is 5.58 Å². The van der Waals surface area contributed by atoms with Gasteiger partial charge in [-0.2, -0.15) is 0 Å². The Kier molecular flexibility index (Phi) is 2.15. The monoisotopic (exact) mass is 245 g/mol. The molecule has 0 fully saturated rings. The van der Waals surface area contributed by atoms with Crippen LogP contribution < -0.4 is 0 Å². The molecule has 0 radical (unpaired) electrons. The highest BCUT2D eigenvalue weighted by molar-refractivity contribution is 6.07. The largest absolute Gasteiger partial charge is 0.464 e. The van der Waals surface area contributed by atoms with Gasteiger partial charge in [-0.3, -0.25) is 0 Å². The van der Waals surface area contributed by atoms with Crippen LogP contribution in [0, 0.1) is 0 Å². The van der Waals surface area contributed by atoms with Crippen molar-refractivity contribution in [1.29, 1.82) is 0 Å². The van der Waals surface area contributed by atoms with Crippen molar-refractivity contribution < 1.29 is 4.42 Å². The number of hydrogen-bond acceptors (Lipinski definition) is 2. The quantitative estimate of drug-likeness (QED) is 0.488. The van der Waals surface area contributed by atoms with E-state index < -0.39 is 0 Å². The van der Waals surface area contributed by atoms with E-state index in [9.17, 15) is 0 Å². The van der Waals surface area contributed by atoms with E-state index in [1.54, 1.807) is 6.26 Å². The summed E-state index contributed by atoms with van der Waals surface area (Å²) in [6, 6.07) is 20.3. The van der Waals surface area contributed by atoms with Gasteiger partial charge >= 0.3 is 0 Å². The zero-order chi connectivity index (χ0) is 12.7. The molecule has 4 rings (SSSR count). The maximum absolute atomic E-state index is 5.65. The van der Waals surface area contributed by atoms with Gasteiger partial charge in [-0.1, -0.05) is 42.5 Å². The Balaban J connectivity index is 2.17. The van der Waals surface area contributed by atoms with Crippen LogP contribution in [0.2, 0.25) is 0 Å². The van der Waals surface area contributed by atoms with Gasteiger partial charge < -0.3 is 4.42 Å². The van der Waals surface area contributed by atoms with Gasteiger partial charge in [0.05, 0.1) is 17.5 Å². The first-order chi connectivity index (χ1) is 9.43. The Morgan fingerprint density at radius 1 is 0.737 bits per heavy atom. The van der Waals surface area contributed by atoms with Crippen LogP contribution in [-0.2, 0) is 0 Å². The lowest BCUT2D eigenvalue weighted by atomic mass is 10.1. The Morgan fingerprint density at radius 3 is 2.42 bits per heavy atom. The highest BCUT2D eigenvalue weighted by Gasteiger charge is 2.11. The van der Waals surface area contributed by atoms with Gasteiger partial charge in [0, 0.05) is 16.3 Å². The fraction of sp³-hybridized carbons (Fsp3) is 0. The van der Waals surface area contributed by atoms with Crippen LogP contribution >= 0.6 is 0 Å². The van der Waals surface area contributed by atoms with E-state index >= 15 is 0 Å². The Bertz CT molecular complexity index is 862. The summed E-state index contributed by atoms with van der Waals surface area (Å²) in [6.07, 6.45) is 1.73. The number of nitrogens with zero attached hydrogens (tertiary/aromatic N) is 1. The molecule has 0 aliphatic heterocycles. The minimum absolute atomic E-state index is 0.907. The lowest BCUT2D eigenvalue weighted by Gasteiger charge is -2.05. The molecule has 19 heavy (non-hydrogen) atoms. The van der Waals surface area contributed by atoms with E-state index in [1.165, 1.54) is 0 Å². The number of hydrogen-bond donors (Lipinski definition) is 0. The molecule has 0 amide bonds. The summed E-state index contributed by atoms with van der Waals surface area (Å²) < 4.78 is 5.65. The summed E-state index contributed by atoms with van der Waals surface area (Å²) in [4.78, 5) is 4.79. The summed E-state index contributed by atoms with van der Waals surface area (Å²) in [6.45, 7) is 0. The van der Waals surface area contributed by atoms with Gasteiger partial charge in [0.2, 0.25) is 0 Å². The third-order valence-electron chi connectivity index (χ3n) is 3.35. The van der Waals surface area contributed by atoms with Crippen LogP contribution in [-0.4, -0.2) is 4.98 Å². The Labute approximate surface area is 110 Å². The molecular formula is C17H11NO. The maximum atomic E-state index is 5.65. The molecule has 0 saturated carbocycles. The van der Waals surface area contributed by atoms with Crippen molar-refractivity contribution in [3.63, 3.8) is 0 Å². The number of rotatable bonds is 1.